The summed E-state index contributed by atoms with van der Waals surface area (Å²) in [5.74, 6) is 0.195. The molecule has 0 spiro atoms. The van der Waals surface area contributed by atoms with Crippen molar-refractivity contribution in [3.63, 3.8) is 0 Å². The van der Waals surface area contributed by atoms with E-state index in [1.807, 2.05) is 25.1 Å². The van der Waals surface area contributed by atoms with Crippen molar-refractivity contribution >= 4 is 23.2 Å². The fourth-order valence-corrected chi connectivity index (χ4v) is 1.88. The first kappa shape index (κ1) is 11.7. The molecule has 0 saturated carbocycles. The maximum absolute atomic E-state index is 11.9. The van der Waals surface area contributed by atoms with Gasteiger partial charge in [-0.1, -0.05) is 23.7 Å². The Labute approximate surface area is 104 Å². The van der Waals surface area contributed by atoms with Crippen LogP contribution in [0.3, 0.4) is 0 Å². The van der Waals surface area contributed by atoms with Gasteiger partial charge in [-0.3, -0.25) is 9.89 Å². The minimum Gasteiger partial charge on any atom is -0.383 e. The SMILES string of the molecule is Cc1ccc(CC(=O)c2cn[nH]c2N)c(Cl)c1. The van der Waals surface area contributed by atoms with Gasteiger partial charge in [0.05, 0.1) is 11.8 Å². The van der Waals surface area contributed by atoms with E-state index in [0.29, 0.717) is 16.4 Å². The van der Waals surface area contributed by atoms with Gasteiger partial charge in [-0.2, -0.15) is 5.10 Å². The zero-order chi connectivity index (χ0) is 12.4. The number of nitrogens with two attached hydrogens (primary N) is 1. The van der Waals surface area contributed by atoms with Crippen LogP contribution in [0.15, 0.2) is 24.4 Å². The highest BCUT2D eigenvalue weighted by molar-refractivity contribution is 6.31. The molecule has 0 aliphatic carbocycles. The van der Waals surface area contributed by atoms with E-state index in [9.17, 15) is 4.79 Å². The van der Waals surface area contributed by atoms with Crippen LogP contribution < -0.4 is 5.73 Å². The number of nitrogens with one attached hydrogen (secondary N) is 1. The first-order chi connectivity index (χ1) is 8.08. The normalized spacial score (nSPS) is 10.5. The minimum atomic E-state index is -0.0954. The van der Waals surface area contributed by atoms with Crippen molar-refractivity contribution in [1.29, 1.82) is 0 Å². The number of aryl methyl sites for hydroxylation is 1. The lowest BCUT2D eigenvalue weighted by Gasteiger charge is -2.04. The van der Waals surface area contributed by atoms with Crippen molar-refractivity contribution in [3.05, 3.63) is 46.1 Å². The predicted molar refractivity (Wildman–Crippen MR) is 67.2 cm³/mol. The molecule has 0 bridgehead atoms. The Morgan fingerprint density at radius 2 is 2.29 bits per heavy atom. The number of nitrogens with zero attached hydrogens (tertiary/aromatic N) is 1. The molecule has 88 valence electrons. The number of benzene rings is 1. The summed E-state index contributed by atoms with van der Waals surface area (Å²) in [7, 11) is 0. The molecule has 0 radical (unpaired) electrons. The summed E-state index contributed by atoms with van der Waals surface area (Å²) in [6.07, 6.45) is 1.66. The second-order valence-electron chi connectivity index (χ2n) is 3.89. The molecule has 0 amide bonds. The molecule has 0 atom stereocenters. The second-order valence-corrected chi connectivity index (χ2v) is 4.30. The van der Waals surface area contributed by atoms with Gasteiger partial charge in [-0.05, 0) is 24.1 Å². The van der Waals surface area contributed by atoms with Gasteiger partial charge >= 0.3 is 0 Å². The number of aromatic amines is 1. The molecular formula is C12H12ClN3O. The first-order valence-corrected chi connectivity index (χ1v) is 5.53. The highest BCUT2D eigenvalue weighted by atomic mass is 35.5. The first-order valence-electron chi connectivity index (χ1n) is 5.15. The lowest BCUT2D eigenvalue weighted by Crippen LogP contribution is -2.06. The molecule has 3 N–H and O–H groups in total. The number of rotatable bonds is 3. The Kier molecular flexibility index (Phi) is 3.15. The summed E-state index contributed by atoms with van der Waals surface area (Å²) in [5.41, 5.74) is 7.85. The summed E-state index contributed by atoms with van der Waals surface area (Å²) >= 11 is 6.07. The van der Waals surface area contributed by atoms with Crippen LogP contribution in [-0.2, 0) is 6.42 Å². The number of nitrogen functional groups attached to an aromatic ring is 1. The maximum Gasteiger partial charge on any atom is 0.172 e. The van der Waals surface area contributed by atoms with Crippen LogP contribution in [0.4, 0.5) is 5.82 Å². The van der Waals surface area contributed by atoms with E-state index in [4.69, 9.17) is 17.3 Å². The Hall–Kier alpha value is -1.81. The Morgan fingerprint density at radius 1 is 1.53 bits per heavy atom. The third kappa shape index (κ3) is 2.47. The quantitative estimate of drug-likeness (QED) is 0.821. The van der Waals surface area contributed by atoms with Crippen molar-refractivity contribution in [2.75, 3.05) is 5.73 Å². The highest BCUT2D eigenvalue weighted by Gasteiger charge is 2.13. The number of hydrogen-bond donors (Lipinski definition) is 2. The summed E-state index contributed by atoms with van der Waals surface area (Å²) in [4.78, 5) is 11.9. The number of ketones is 1. The summed E-state index contributed by atoms with van der Waals surface area (Å²) in [6.45, 7) is 1.95. The van der Waals surface area contributed by atoms with Crippen LogP contribution in [0.1, 0.15) is 21.5 Å². The number of aromatic nitrogens is 2. The molecule has 1 aromatic carbocycles. The lowest BCUT2D eigenvalue weighted by molar-refractivity contribution is 0.0994. The molecule has 0 fully saturated rings. The third-order valence-corrected chi connectivity index (χ3v) is 2.88. The standard InChI is InChI=1S/C12H12ClN3O/c1-7-2-3-8(10(13)4-7)5-11(17)9-6-15-16-12(9)14/h2-4,6H,5H2,1H3,(H3,14,15,16). The number of H-pyrrole nitrogens is 1. The van der Waals surface area contributed by atoms with E-state index < -0.39 is 0 Å². The van der Waals surface area contributed by atoms with Gasteiger partial charge in [-0.25, -0.2) is 0 Å². The van der Waals surface area contributed by atoms with Crippen molar-refractivity contribution in [1.82, 2.24) is 10.2 Å². The van der Waals surface area contributed by atoms with Crippen molar-refractivity contribution in [2.24, 2.45) is 0 Å². The van der Waals surface area contributed by atoms with E-state index in [1.54, 1.807) is 0 Å². The molecular weight excluding hydrogens is 238 g/mol. The second kappa shape index (κ2) is 4.59. The fourth-order valence-electron chi connectivity index (χ4n) is 1.58. The van der Waals surface area contributed by atoms with Crippen molar-refractivity contribution < 1.29 is 4.79 Å². The zero-order valence-corrected chi connectivity index (χ0v) is 10.1. The van der Waals surface area contributed by atoms with Crippen LogP contribution in [0, 0.1) is 6.92 Å². The molecule has 1 aromatic heterocycles. The Balaban J connectivity index is 2.22. The third-order valence-electron chi connectivity index (χ3n) is 2.53. The maximum atomic E-state index is 11.9. The Morgan fingerprint density at radius 3 is 2.88 bits per heavy atom. The molecule has 0 aliphatic rings. The van der Waals surface area contributed by atoms with E-state index in [1.165, 1.54) is 6.20 Å². The molecule has 0 aliphatic heterocycles. The van der Waals surface area contributed by atoms with Gasteiger partial charge in [0.25, 0.3) is 0 Å². The van der Waals surface area contributed by atoms with Gasteiger partial charge < -0.3 is 5.73 Å². The number of carbonyl (C=O) groups is 1. The number of Topliss-reactive ketones (excluding diaryl/α,β-unsaturated/α-hetero) is 1. The lowest BCUT2D eigenvalue weighted by atomic mass is 10.0. The van der Waals surface area contributed by atoms with Crippen LogP contribution in [0.25, 0.3) is 0 Å². The van der Waals surface area contributed by atoms with Crippen LogP contribution in [-0.4, -0.2) is 16.0 Å². The fraction of sp³-hybridized carbons (Fsp3) is 0.167. The van der Waals surface area contributed by atoms with Crippen LogP contribution in [0.2, 0.25) is 5.02 Å². The van der Waals surface area contributed by atoms with Crippen LogP contribution in [0.5, 0.6) is 0 Å². The molecule has 5 heteroatoms. The molecule has 17 heavy (non-hydrogen) atoms. The average Bonchev–Trinajstić information content (AvgIpc) is 2.68. The zero-order valence-electron chi connectivity index (χ0n) is 9.33. The molecule has 2 rings (SSSR count). The number of hydrogen-bond acceptors (Lipinski definition) is 3. The average molecular weight is 250 g/mol. The summed E-state index contributed by atoms with van der Waals surface area (Å²) in [6, 6.07) is 5.61. The number of halogens is 1. The van der Waals surface area contributed by atoms with Gasteiger partial charge in [0.2, 0.25) is 0 Å². The molecule has 4 nitrogen and oxygen atoms in total. The molecule has 0 unspecified atom stereocenters. The van der Waals surface area contributed by atoms with E-state index in [0.717, 1.165) is 11.1 Å². The minimum absolute atomic E-state index is 0.0954. The smallest absolute Gasteiger partial charge is 0.172 e. The van der Waals surface area contributed by atoms with Crippen molar-refractivity contribution in [2.45, 2.75) is 13.3 Å². The topological polar surface area (TPSA) is 71.8 Å². The van der Waals surface area contributed by atoms with E-state index in [2.05, 4.69) is 10.2 Å². The number of carbonyl (C=O) groups excluding carboxylic acids is 1. The van der Waals surface area contributed by atoms with Gasteiger partial charge in [0.1, 0.15) is 5.82 Å². The largest absolute Gasteiger partial charge is 0.383 e. The van der Waals surface area contributed by atoms with E-state index in [-0.39, 0.29) is 12.2 Å². The van der Waals surface area contributed by atoms with Crippen LogP contribution >= 0.6 is 11.6 Å². The monoisotopic (exact) mass is 249 g/mol. The summed E-state index contributed by atoms with van der Waals surface area (Å²) < 4.78 is 0. The molecule has 1 heterocycles. The molecule has 2 aromatic rings. The molecule has 0 saturated heterocycles. The van der Waals surface area contributed by atoms with Gasteiger partial charge in [0.15, 0.2) is 5.78 Å². The van der Waals surface area contributed by atoms with Gasteiger partial charge in [0, 0.05) is 11.4 Å². The number of anilines is 1. The van der Waals surface area contributed by atoms with Crippen molar-refractivity contribution in [3.8, 4) is 0 Å². The van der Waals surface area contributed by atoms with Gasteiger partial charge in [-0.15, -0.1) is 0 Å². The summed E-state index contributed by atoms with van der Waals surface area (Å²) in [5, 5.41) is 6.85. The highest BCUT2D eigenvalue weighted by Crippen LogP contribution is 2.20. The Bertz CT molecular complexity index is 563. The van der Waals surface area contributed by atoms with E-state index >= 15 is 0 Å². The predicted octanol–water partition coefficient (Wildman–Crippen LogP) is 2.38.